The van der Waals surface area contributed by atoms with Gasteiger partial charge >= 0.3 is 5.69 Å². The van der Waals surface area contributed by atoms with E-state index in [9.17, 15) is 10.1 Å². The van der Waals surface area contributed by atoms with Gasteiger partial charge in [-0.3, -0.25) is 10.1 Å². The zero-order valence-corrected chi connectivity index (χ0v) is 12.8. The lowest BCUT2D eigenvalue weighted by Crippen LogP contribution is -2.35. The van der Waals surface area contributed by atoms with Crippen LogP contribution >= 0.6 is 0 Å². The third-order valence-corrected chi connectivity index (χ3v) is 4.09. The molecule has 0 spiro atoms. The lowest BCUT2D eigenvalue weighted by molar-refractivity contribution is -0.384. The smallest absolute Gasteiger partial charge is 0.311 e. The van der Waals surface area contributed by atoms with Gasteiger partial charge in [0.15, 0.2) is 0 Å². The molecule has 0 aliphatic heterocycles. The Bertz CT molecular complexity index is 498. The van der Waals surface area contributed by atoms with Crippen molar-refractivity contribution in [1.29, 1.82) is 0 Å². The number of nitrogen functional groups attached to an aromatic ring is 1. The molecule has 1 aliphatic rings. The molecule has 1 heterocycles. The van der Waals surface area contributed by atoms with E-state index in [0.717, 1.165) is 31.6 Å². The summed E-state index contributed by atoms with van der Waals surface area (Å²) in [5.74, 6) is 1.39. The summed E-state index contributed by atoms with van der Waals surface area (Å²) in [6.07, 6.45) is 5.89. The average Bonchev–Trinajstić information content (AvgIpc) is 2.92. The van der Waals surface area contributed by atoms with Crippen molar-refractivity contribution < 1.29 is 4.92 Å². The van der Waals surface area contributed by atoms with E-state index >= 15 is 0 Å². The Morgan fingerprint density at radius 2 is 2.10 bits per heavy atom. The highest BCUT2D eigenvalue weighted by atomic mass is 16.6. The molecule has 0 aromatic carbocycles. The molecule has 1 aliphatic carbocycles. The topological polar surface area (TPSA) is 85.3 Å². The highest BCUT2D eigenvalue weighted by molar-refractivity contribution is 5.58. The number of rotatable bonds is 6. The summed E-state index contributed by atoms with van der Waals surface area (Å²) >= 11 is 0. The average molecular weight is 292 g/mol. The molecule has 6 heteroatoms. The van der Waals surface area contributed by atoms with Gasteiger partial charge in [-0.1, -0.05) is 26.7 Å². The van der Waals surface area contributed by atoms with Crippen LogP contribution in [0.15, 0.2) is 12.1 Å². The largest absolute Gasteiger partial charge is 0.378 e. The van der Waals surface area contributed by atoms with E-state index in [4.69, 9.17) is 5.73 Å². The van der Waals surface area contributed by atoms with Gasteiger partial charge in [0.25, 0.3) is 0 Å². The third-order valence-electron chi connectivity index (χ3n) is 4.09. The number of aromatic nitrogens is 1. The summed E-state index contributed by atoms with van der Waals surface area (Å²) in [7, 11) is 0. The molecule has 0 radical (unpaired) electrons. The molecule has 6 nitrogen and oxygen atoms in total. The number of nitrogens with zero attached hydrogens (tertiary/aromatic N) is 3. The number of pyridine rings is 1. The van der Waals surface area contributed by atoms with Crippen molar-refractivity contribution in [2.45, 2.75) is 52.0 Å². The van der Waals surface area contributed by atoms with Gasteiger partial charge in [0.05, 0.1) is 4.92 Å². The van der Waals surface area contributed by atoms with Crippen LogP contribution in [0, 0.1) is 16.0 Å². The lowest BCUT2D eigenvalue weighted by atomic mass is 10.1. The summed E-state index contributed by atoms with van der Waals surface area (Å²) < 4.78 is 0. The summed E-state index contributed by atoms with van der Waals surface area (Å²) in [5, 5.41) is 10.8. The first-order chi connectivity index (χ1) is 9.99. The Labute approximate surface area is 125 Å². The number of hydrogen-bond donors (Lipinski definition) is 1. The van der Waals surface area contributed by atoms with Crippen LogP contribution in [0.1, 0.15) is 46.0 Å². The maximum Gasteiger partial charge on any atom is 0.311 e. The number of nitro groups is 1. The first-order valence-corrected chi connectivity index (χ1v) is 7.66. The highest BCUT2D eigenvalue weighted by Crippen LogP contribution is 2.30. The summed E-state index contributed by atoms with van der Waals surface area (Å²) in [6.45, 7) is 5.32. The zero-order chi connectivity index (χ0) is 15.4. The summed E-state index contributed by atoms with van der Waals surface area (Å²) in [6, 6.07) is 3.68. The Morgan fingerprint density at radius 3 is 2.62 bits per heavy atom. The first kappa shape index (κ1) is 15.5. The molecule has 2 rings (SSSR count). The van der Waals surface area contributed by atoms with Gasteiger partial charge in [0.2, 0.25) is 5.82 Å². The first-order valence-electron chi connectivity index (χ1n) is 7.66. The Hall–Kier alpha value is -1.85. The van der Waals surface area contributed by atoms with Gasteiger partial charge in [-0.15, -0.1) is 0 Å². The van der Waals surface area contributed by atoms with Crippen LogP contribution in [-0.4, -0.2) is 22.5 Å². The van der Waals surface area contributed by atoms with Gasteiger partial charge < -0.3 is 10.6 Å². The fourth-order valence-corrected chi connectivity index (χ4v) is 2.87. The molecule has 0 amide bonds. The maximum atomic E-state index is 10.8. The van der Waals surface area contributed by atoms with Crippen molar-refractivity contribution in [3.8, 4) is 0 Å². The van der Waals surface area contributed by atoms with Crippen molar-refractivity contribution in [2.75, 3.05) is 17.2 Å². The Kier molecular flexibility index (Phi) is 4.98. The van der Waals surface area contributed by atoms with Crippen LogP contribution in [0.4, 0.5) is 17.3 Å². The predicted octanol–water partition coefficient (Wildman–Crippen LogP) is 3.37. The Morgan fingerprint density at radius 1 is 1.43 bits per heavy atom. The summed E-state index contributed by atoms with van der Waals surface area (Å²) in [5.41, 5.74) is 5.62. The van der Waals surface area contributed by atoms with Gasteiger partial charge in [-0.05, 0) is 31.2 Å². The van der Waals surface area contributed by atoms with E-state index < -0.39 is 4.92 Å². The highest BCUT2D eigenvalue weighted by Gasteiger charge is 2.25. The molecule has 0 unspecified atom stereocenters. The van der Waals surface area contributed by atoms with Crippen molar-refractivity contribution in [1.82, 2.24) is 4.98 Å². The quantitative estimate of drug-likeness (QED) is 0.641. The van der Waals surface area contributed by atoms with Crippen molar-refractivity contribution in [3.05, 3.63) is 22.2 Å². The summed E-state index contributed by atoms with van der Waals surface area (Å²) in [4.78, 5) is 16.9. The Balaban J connectivity index is 2.22. The van der Waals surface area contributed by atoms with E-state index in [1.54, 1.807) is 6.07 Å². The molecule has 2 N–H and O–H groups in total. The minimum absolute atomic E-state index is 0.00467. The van der Waals surface area contributed by atoms with Crippen molar-refractivity contribution in [2.24, 2.45) is 5.92 Å². The molecule has 1 aromatic heterocycles. The van der Waals surface area contributed by atoms with Gasteiger partial charge in [0.1, 0.15) is 5.82 Å². The van der Waals surface area contributed by atoms with Gasteiger partial charge in [0, 0.05) is 18.7 Å². The second-order valence-corrected chi connectivity index (χ2v) is 6.15. The monoisotopic (exact) mass is 292 g/mol. The zero-order valence-electron chi connectivity index (χ0n) is 12.8. The fraction of sp³-hybridized carbons (Fsp3) is 0.667. The van der Waals surface area contributed by atoms with Crippen LogP contribution in [0.25, 0.3) is 0 Å². The van der Waals surface area contributed by atoms with Crippen LogP contribution < -0.4 is 10.6 Å². The van der Waals surface area contributed by atoms with E-state index in [0.29, 0.717) is 12.0 Å². The molecular weight excluding hydrogens is 268 g/mol. The van der Waals surface area contributed by atoms with Crippen LogP contribution in [0.3, 0.4) is 0 Å². The third kappa shape index (κ3) is 3.83. The van der Waals surface area contributed by atoms with Crippen molar-refractivity contribution >= 4 is 17.3 Å². The molecule has 21 heavy (non-hydrogen) atoms. The fourth-order valence-electron chi connectivity index (χ4n) is 2.87. The van der Waals surface area contributed by atoms with E-state index in [1.807, 2.05) is 0 Å². The van der Waals surface area contributed by atoms with Gasteiger partial charge in [-0.25, -0.2) is 4.98 Å². The van der Waals surface area contributed by atoms with Crippen LogP contribution in [-0.2, 0) is 0 Å². The molecular formula is C15H24N4O2. The number of anilines is 2. The van der Waals surface area contributed by atoms with E-state index in [1.165, 1.54) is 18.9 Å². The van der Waals surface area contributed by atoms with E-state index in [2.05, 4.69) is 23.7 Å². The lowest BCUT2D eigenvalue weighted by Gasteiger charge is -2.30. The number of nitrogens with two attached hydrogens (primary N) is 1. The van der Waals surface area contributed by atoms with E-state index in [-0.39, 0.29) is 11.5 Å². The molecule has 1 aromatic rings. The molecule has 1 fully saturated rings. The van der Waals surface area contributed by atoms with Crippen molar-refractivity contribution in [3.63, 3.8) is 0 Å². The van der Waals surface area contributed by atoms with Crippen LogP contribution in [0.5, 0.6) is 0 Å². The minimum atomic E-state index is -0.486. The number of hydrogen-bond acceptors (Lipinski definition) is 5. The standard InChI is InChI=1S/C15H24N4O2/c1-11(2)9-10-18(12-5-3-4-6-12)14-8-7-13(19(20)21)15(16)17-14/h7-8,11-12H,3-6,9-10H2,1-2H3,(H2,16,17). The SMILES string of the molecule is CC(C)CCN(c1ccc([N+](=O)[O-])c(N)n1)C1CCCC1. The second kappa shape index (κ2) is 6.74. The molecule has 0 bridgehead atoms. The normalized spacial score (nSPS) is 15.6. The predicted molar refractivity (Wildman–Crippen MR) is 84.4 cm³/mol. The molecule has 0 atom stereocenters. The second-order valence-electron chi connectivity index (χ2n) is 6.15. The maximum absolute atomic E-state index is 10.8. The molecule has 1 saturated carbocycles. The minimum Gasteiger partial charge on any atom is -0.378 e. The molecule has 116 valence electrons. The van der Waals surface area contributed by atoms with Crippen LogP contribution in [0.2, 0.25) is 0 Å². The van der Waals surface area contributed by atoms with Gasteiger partial charge in [-0.2, -0.15) is 0 Å². The molecule has 0 saturated heterocycles.